The average molecular weight is 356 g/mol. The summed E-state index contributed by atoms with van der Waals surface area (Å²) in [5, 5.41) is 12.1. The van der Waals surface area contributed by atoms with Gasteiger partial charge in [0, 0.05) is 5.02 Å². The number of carbonyl (C=O) groups is 2. The molecule has 0 heterocycles. The molecule has 0 aromatic heterocycles. The van der Waals surface area contributed by atoms with Gasteiger partial charge in [-0.2, -0.15) is 5.26 Å². The third-order valence-corrected chi connectivity index (χ3v) is 4.20. The molecule has 2 rings (SSSR count). The predicted molar refractivity (Wildman–Crippen MR) is 86.0 cm³/mol. The number of nitrogens with zero attached hydrogens (tertiary/aromatic N) is 1. The summed E-state index contributed by atoms with van der Waals surface area (Å²) >= 11 is 11.7. The number of halogens is 2. The third-order valence-electron chi connectivity index (χ3n) is 3.67. The number of benzene rings is 1. The largest absolute Gasteiger partial charge is 0.452 e. The maximum absolute atomic E-state index is 12.0. The molecule has 122 valence electrons. The number of amides is 1. The number of nitrogen functional groups attached to an aromatic ring is 1. The number of ether oxygens (including phenoxy) is 1. The molecule has 8 heteroatoms. The summed E-state index contributed by atoms with van der Waals surface area (Å²) in [6.45, 7) is 1.13. The van der Waals surface area contributed by atoms with Gasteiger partial charge in [0.05, 0.1) is 22.3 Å². The Kier molecular flexibility index (Phi) is 5.03. The van der Waals surface area contributed by atoms with Crippen LogP contribution in [-0.4, -0.2) is 24.0 Å². The molecular weight excluding hydrogens is 341 g/mol. The lowest BCUT2D eigenvalue weighted by Crippen LogP contribution is -2.48. The predicted octanol–water partition coefficient (Wildman–Crippen LogP) is 2.54. The summed E-state index contributed by atoms with van der Waals surface area (Å²) in [7, 11) is 0. The van der Waals surface area contributed by atoms with Gasteiger partial charge in [-0.15, -0.1) is 0 Å². The van der Waals surface area contributed by atoms with Gasteiger partial charge in [0.15, 0.2) is 6.61 Å². The first kappa shape index (κ1) is 17.4. The fraction of sp³-hybridized carbons (Fsp3) is 0.400. The maximum atomic E-state index is 12.0. The fourth-order valence-corrected chi connectivity index (χ4v) is 2.66. The first-order valence-corrected chi connectivity index (χ1v) is 7.66. The number of rotatable bonds is 5. The van der Waals surface area contributed by atoms with Crippen molar-refractivity contribution in [3.8, 4) is 6.07 Å². The minimum atomic E-state index is -0.943. The van der Waals surface area contributed by atoms with Gasteiger partial charge < -0.3 is 15.8 Å². The fourth-order valence-electron chi connectivity index (χ4n) is 2.17. The van der Waals surface area contributed by atoms with Gasteiger partial charge in [-0.25, -0.2) is 4.79 Å². The van der Waals surface area contributed by atoms with Gasteiger partial charge in [0.25, 0.3) is 5.91 Å². The SMILES string of the molecule is C[C@](C#N)(NC(=O)COC(=O)c1cc(Cl)cc(Cl)c1N)C1CC1. The molecule has 1 atom stereocenters. The monoisotopic (exact) mass is 355 g/mol. The van der Waals surface area contributed by atoms with Gasteiger partial charge in [-0.1, -0.05) is 23.2 Å². The van der Waals surface area contributed by atoms with E-state index in [0.717, 1.165) is 12.8 Å². The molecule has 1 amide bonds. The van der Waals surface area contributed by atoms with Crippen molar-refractivity contribution in [1.29, 1.82) is 5.26 Å². The van der Waals surface area contributed by atoms with E-state index in [0.29, 0.717) is 0 Å². The molecule has 0 unspecified atom stereocenters. The van der Waals surface area contributed by atoms with Crippen LogP contribution in [0.1, 0.15) is 30.1 Å². The highest BCUT2D eigenvalue weighted by atomic mass is 35.5. The second-order valence-corrected chi connectivity index (χ2v) is 6.41. The first-order valence-electron chi connectivity index (χ1n) is 6.90. The van der Waals surface area contributed by atoms with Crippen LogP contribution in [0.5, 0.6) is 0 Å². The maximum Gasteiger partial charge on any atom is 0.340 e. The zero-order valence-corrected chi connectivity index (χ0v) is 13.9. The van der Waals surface area contributed by atoms with Crippen molar-refractivity contribution >= 4 is 40.8 Å². The smallest absolute Gasteiger partial charge is 0.340 e. The van der Waals surface area contributed by atoms with E-state index in [1.54, 1.807) is 6.92 Å². The van der Waals surface area contributed by atoms with Crippen molar-refractivity contribution in [2.24, 2.45) is 5.92 Å². The quantitative estimate of drug-likeness (QED) is 0.623. The molecule has 1 aliphatic rings. The Hall–Kier alpha value is -1.97. The second kappa shape index (κ2) is 6.65. The van der Waals surface area contributed by atoms with Crippen LogP contribution >= 0.6 is 23.2 Å². The average Bonchev–Trinajstić information content (AvgIpc) is 3.33. The molecule has 0 bridgehead atoms. The van der Waals surface area contributed by atoms with Crippen molar-refractivity contribution in [1.82, 2.24) is 5.32 Å². The standard InChI is InChI=1S/C15H15Cl2N3O3/c1-15(7-18,8-2-3-8)20-12(21)6-23-14(22)10-4-9(16)5-11(17)13(10)19/h4-5,8H,2-3,6,19H2,1H3,(H,20,21)/t15-/m1/s1. The lowest BCUT2D eigenvalue weighted by atomic mass is 9.98. The van der Waals surface area contributed by atoms with Crippen LogP contribution in [-0.2, 0) is 9.53 Å². The van der Waals surface area contributed by atoms with Crippen molar-refractivity contribution in [2.45, 2.75) is 25.3 Å². The molecule has 1 saturated carbocycles. The van der Waals surface area contributed by atoms with E-state index in [-0.39, 0.29) is 27.2 Å². The van der Waals surface area contributed by atoms with Gasteiger partial charge in [-0.05, 0) is 37.8 Å². The van der Waals surface area contributed by atoms with Crippen LogP contribution < -0.4 is 11.1 Å². The van der Waals surface area contributed by atoms with Crippen molar-refractivity contribution in [3.63, 3.8) is 0 Å². The molecule has 1 fully saturated rings. The molecule has 3 N–H and O–H groups in total. The number of nitrogens with one attached hydrogen (secondary N) is 1. The first-order chi connectivity index (χ1) is 10.8. The van der Waals surface area contributed by atoms with Crippen LogP contribution in [0.2, 0.25) is 10.0 Å². The number of anilines is 1. The van der Waals surface area contributed by atoms with Crippen molar-refractivity contribution in [2.75, 3.05) is 12.3 Å². The summed E-state index contributed by atoms with van der Waals surface area (Å²) in [5.41, 5.74) is 4.77. The Labute approximate surface area is 143 Å². The number of hydrogen-bond donors (Lipinski definition) is 2. The van der Waals surface area contributed by atoms with Gasteiger partial charge in [0.1, 0.15) is 5.54 Å². The van der Waals surface area contributed by atoms with Gasteiger partial charge in [0.2, 0.25) is 0 Å². The minimum absolute atomic E-state index is 0.0134. The van der Waals surface area contributed by atoms with Gasteiger partial charge in [-0.3, -0.25) is 4.79 Å². The van der Waals surface area contributed by atoms with Crippen LogP contribution in [0.4, 0.5) is 5.69 Å². The molecule has 1 aromatic carbocycles. The number of carbonyl (C=O) groups excluding carboxylic acids is 2. The minimum Gasteiger partial charge on any atom is -0.452 e. The molecular formula is C15H15Cl2N3O3. The lowest BCUT2D eigenvalue weighted by molar-refractivity contribution is -0.125. The molecule has 1 aromatic rings. The highest BCUT2D eigenvalue weighted by Crippen LogP contribution is 2.39. The zero-order valence-electron chi connectivity index (χ0n) is 12.4. The van der Waals surface area contributed by atoms with Gasteiger partial charge >= 0.3 is 5.97 Å². The Morgan fingerprint density at radius 3 is 2.70 bits per heavy atom. The summed E-state index contributed by atoms with van der Waals surface area (Å²) < 4.78 is 4.91. The summed E-state index contributed by atoms with van der Waals surface area (Å²) in [4.78, 5) is 23.9. The Bertz CT molecular complexity index is 698. The van der Waals surface area contributed by atoms with Crippen LogP contribution in [0, 0.1) is 17.2 Å². The topological polar surface area (TPSA) is 105 Å². The third kappa shape index (κ3) is 4.06. The van der Waals surface area contributed by atoms with Crippen LogP contribution in [0.3, 0.4) is 0 Å². The summed E-state index contributed by atoms with van der Waals surface area (Å²) in [5.74, 6) is -1.23. The molecule has 6 nitrogen and oxygen atoms in total. The second-order valence-electron chi connectivity index (χ2n) is 5.56. The Morgan fingerprint density at radius 1 is 1.48 bits per heavy atom. The highest BCUT2D eigenvalue weighted by molar-refractivity contribution is 6.37. The molecule has 0 aliphatic heterocycles. The summed E-state index contributed by atoms with van der Waals surface area (Å²) in [6, 6.07) is 4.80. The van der Waals surface area contributed by atoms with Crippen molar-refractivity contribution < 1.29 is 14.3 Å². The molecule has 0 spiro atoms. The Morgan fingerprint density at radius 2 is 2.13 bits per heavy atom. The van der Waals surface area contributed by atoms with E-state index in [4.69, 9.17) is 33.7 Å². The van der Waals surface area contributed by atoms with E-state index in [2.05, 4.69) is 11.4 Å². The molecule has 0 radical (unpaired) electrons. The number of nitrogens with two attached hydrogens (primary N) is 1. The molecule has 23 heavy (non-hydrogen) atoms. The van der Waals surface area contributed by atoms with E-state index < -0.39 is 24.0 Å². The Balaban J connectivity index is 1.97. The van der Waals surface area contributed by atoms with E-state index >= 15 is 0 Å². The lowest BCUT2D eigenvalue weighted by Gasteiger charge is -2.22. The summed E-state index contributed by atoms with van der Waals surface area (Å²) in [6.07, 6.45) is 1.78. The molecule has 1 aliphatic carbocycles. The van der Waals surface area contributed by atoms with E-state index in [1.807, 2.05) is 0 Å². The highest BCUT2D eigenvalue weighted by Gasteiger charge is 2.43. The zero-order chi connectivity index (χ0) is 17.2. The number of nitriles is 1. The van der Waals surface area contributed by atoms with Crippen LogP contribution in [0.25, 0.3) is 0 Å². The number of esters is 1. The number of hydrogen-bond acceptors (Lipinski definition) is 5. The normalized spacial score (nSPS) is 16.1. The molecule has 0 saturated heterocycles. The van der Waals surface area contributed by atoms with Crippen LogP contribution in [0.15, 0.2) is 12.1 Å². The van der Waals surface area contributed by atoms with E-state index in [9.17, 15) is 14.9 Å². The van der Waals surface area contributed by atoms with Crippen molar-refractivity contribution in [3.05, 3.63) is 27.7 Å². The van der Waals surface area contributed by atoms with E-state index in [1.165, 1.54) is 12.1 Å².